The molecule has 0 saturated carbocycles. The molecule has 3 aromatic rings. The fourth-order valence-corrected chi connectivity index (χ4v) is 2.82. The summed E-state index contributed by atoms with van der Waals surface area (Å²) in [7, 11) is 2.68. The van der Waals surface area contributed by atoms with Crippen molar-refractivity contribution >= 4 is 22.8 Å². The van der Waals surface area contributed by atoms with Gasteiger partial charge in [-0.05, 0) is 5.56 Å². The Morgan fingerprint density at radius 2 is 1.97 bits per heavy atom. The normalized spacial score (nSPS) is 12.6. The number of rotatable bonds is 6. The minimum absolute atomic E-state index is 0.0241. The summed E-state index contributed by atoms with van der Waals surface area (Å²) >= 11 is 0. The molecule has 1 atom stereocenters. The maximum atomic E-state index is 13.5. The third-order valence-electron chi connectivity index (χ3n) is 4.06. The number of urea groups is 1. The highest BCUT2D eigenvalue weighted by atomic mass is 19.4. The summed E-state index contributed by atoms with van der Waals surface area (Å²) in [6.07, 6.45) is -4.77. The molecule has 8 nitrogen and oxygen atoms in total. The maximum Gasteiger partial charge on any atom is 0.434 e. The van der Waals surface area contributed by atoms with E-state index < -0.39 is 23.9 Å². The van der Waals surface area contributed by atoms with Crippen LogP contribution in [-0.2, 0) is 10.9 Å². The van der Waals surface area contributed by atoms with Gasteiger partial charge in [-0.2, -0.15) is 13.2 Å². The summed E-state index contributed by atoms with van der Waals surface area (Å²) in [6.45, 7) is 0.176. The lowest BCUT2D eigenvalue weighted by Crippen LogP contribution is -2.35. The number of hydrogen-bond acceptors (Lipinski definition) is 5. The van der Waals surface area contributed by atoms with Crippen LogP contribution in [0.15, 0.2) is 36.4 Å². The van der Waals surface area contributed by atoms with Gasteiger partial charge in [0.1, 0.15) is 5.82 Å². The molecule has 2 heterocycles. The van der Waals surface area contributed by atoms with E-state index in [1.54, 1.807) is 24.3 Å². The van der Waals surface area contributed by atoms with Gasteiger partial charge < -0.3 is 14.8 Å². The van der Waals surface area contributed by atoms with E-state index >= 15 is 0 Å². The number of alkyl halides is 3. The fourth-order valence-electron chi connectivity index (χ4n) is 2.82. The lowest BCUT2D eigenvalue weighted by molar-refractivity contribution is -0.139. The lowest BCUT2D eigenvalue weighted by atomic mass is 10.1. The van der Waals surface area contributed by atoms with Gasteiger partial charge in [-0.1, -0.05) is 30.3 Å². The van der Waals surface area contributed by atoms with Crippen LogP contribution in [0, 0.1) is 0 Å². The van der Waals surface area contributed by atoms with E-state index in [0.29, 0.717) is 0 Å². The van der Waals surface area contributed by atoms with Crippen molar-refractivity contribution in [1.82, 2.24) is 20.5 Å². The molecule has 0 fully saturated rings. The zero-order valence-corrected chi connectivity index (χ0v) is 15.5. The number of carbonyl (C=O) groups excluding carboxylic acids is 1. The van der Waals surface area contributed by atoms with Crippen molar-refractivity contribution in [3.05, 3.63) is 47.7 Å². The molecule has 11 heteroatoms. The molecule has 0 unspecified atom stereocenters. The van der Waals surface area contributed by atoms with E-state index in [9.17, 15) is 18.0 Å². The van der Waals surface area contributed by atoms with Crippen molar-refractivity contribution in [3.8, 4) is 5.88 Å². The molecule has 2 amide bonds. The quantitative estimate of drug-likeness (QED) is 0.579. The highest BCUT2D eigenvalue weighted by Gasteiger charge is 2.37. The maximum absolute atomic E-state index is 13.5. The monoisotopic (exact) mass is 409 g/mol. The minimum Gasteiger partial charge on any atom is -0.479 e. The number of aromatic nitrogens is 3. The van der Waals surface area contributed by atoms with E-state index in [1.807, 2.05) is 6.07 Å². The summed E-state index contributed by atoms with van der Waals surface area (Å²) in [4.78, 5) is 15.9. The molecule has 0 aliphatic rings. The summed E-state index contributed by atoms with van der Waals surface area (Å²) < 4.78 is 50.3. The van der Waals surface area contributed by atoms with Gasteiger partial charge >= 0.3 is 12.2 Å². The number of amides is 2. The van der Waals surface area contributed by atoms with Gasteiger partial charge in [-0.3, -0.25) is 10.4 Å². The number of benzene rings is 1. The number of hydrogen-bond donors (Lipinski definition) is 3. The Labute approximate surface area is 163 Å². The number of H-pyrrole nitrogens is 1. The molecule has 0 aliphatic carbocycles. The van der Waals surface area contributed by atoms with Gasteiger partial charge in [-0.15, -0.1) is 5.10 Å². The van der Waals surface area contributed by atoms with Crippen molar-refractivity contribution in [1.29, 1.82) is 0 Å². The molecule has 154 valence electrons. The molecule has 3 N–H and O–H groups in total. The number of nitrogens with zero attached hydrogens (tertiary/aromatic N) is 2. The molecule has 0 spiro atoms. The van der Waals surface area contributed by atoms with Crippen molar-refractivity contribution in [3.63, 3.8) is 0 Å². The van der Waals surface area contributed by atoms with Crippen LogP contribution in [-0.4, -0.2) is 42.0 Å². The summed E-state index contributed by atoms with van der Waals surface area (Å²) in [5.74, 6) is -0.530. The third kappa shape index (κ3) is 4.57. The number of nitrogens with one attached hydrogen (secondary N) is 3. The standard InChI is InChI=1S/C18H18F3N5O3/c1-28-9-12(10-6-4-3-5-7-10)22-17(27)24-13-8-11-14(16(29-2)26-25-11)15(23-13)18(19,20)21/h3-8,12H,9H2,1-2H3,(H,25,26)(H2,22,23,24,27)/t12-/m1/s1. The number of pyridine rings is 1. The Hall–Kier alpha value is -3.34. The average molecular weight is 409 g/mol. The van der Waals surface area contributed by atoms with Gasteiger partial charge in [-0.25, -0.2) is 9.78 Å². The zero-order chi connectivity index (χ0) is 21.0. The van der Waals surface area contributed by atoms with Crippen LogP contribution >= 0.6 is 0 Å². The van der Waals surface area contributed by atoms with Gasteiger partial charge in [0.15, 0.2) is 5.69 Å². The molecule has 0 radical (unpaired) electrons. The van der Waals surface area contributed by atoms with Gasteiger partial charge in [0.25, 0.3) is 0 Å². The summed E-state index contributed by atoms with van der Waals surface area (Å²) in [6, 6.07) is 9.03. The van der Waals surface area contributed by atoms with Crippen molar-refractivity contribution in [2.24, 2.45) is 0 Å². The number of aromatic amines is 1. The highest BCUT2D eigenvalue weighted by molar-refractivity contribution is 5.93. The molecular weight excluding hydrogens is 391 g/mol. The Balaban J connectivity index is 1.86. The Bertz CT molecular complexity index is 992. The predicted octanol–water partition coefficient (Wildman–Crippen LogP) is 3.49. The van der Waals surface area contributed by atoms with Crippen LogP contribution in [0.2, 0.25) is 0 Å². The van der Waals surface area contributed by atoms with Crippen molar-refractivity contribution in [2.45, 2.75) is 12.2 Å². The van der Waals surface area contributed by atoms with E-state index in [0.717, 1.165) is 5.56 Å². The Morgan fingerprint density at radius 1 is 1.24 bits per heavy atom. The number of fused-ring (bicyclic) bond motifs is 1. The molecule has 1 aromatic carbocycles. The minimum atomic E-state index is -4.77. The first-order chi connectivity index (χ1) is 13.8. The number of methoxy groups -OCH3 is 2. The van der Waals surface area contributed by atoms with E-state index in [-0.39, 0.29) is 29.2 Å². The molecule has 29 heavy (non-hydrogen) atoms. The molecule has 2 aromatic heterocycles. The van der Waals surface area contributed by atoms with Crippen LogP contribution in [0.4, 0.5) is 23.8 Å². The average Bonchev–Trinajstić information content (AvgIpc) is 3.10. The number of ether oxygens (including phenoxy) is 2. The van der Waals surface area contributed by atoms with Crippen LogP contribution in [0.1, 0.15) is 17.3 Å². The van der Waals surface area contributed by atoms with Crippen LogP contribution < -0.4 is 15.4 Å². The molecule has 0 bridgehead atoms. The Kier molecular flexibility index (Phi) is 5.87. The number of carbonyl (C=O) groups is 1. The lowest BCUT2D eigenvalue weighted by Gasteiger charge is -2.19. The predicted molar refractivity (Wildman–Crippen MR) is 98.7 cm³/mol. The van der Waals surface area contributed by atoms with Crippen LogP contribution in [0.25, 0.3) is 10.9 Å². The summed E-state index contributed by atoms with van der Waals surface area (Å²) in [5, 5.41) is 10.8. The van der Waals surface area contributed by atoms with E-state index in [4.69, 9.17) is 9.47 Å². The first-order valence-corrected chi connectivity index (χ1v) is 8.45. The molecular formula is C18H18F3N5O3. The van der Waals surface area contributed by atoms with Gasteiger partial charge in [0, 0.05) is 13.2 Å². The van der Waals surface area contributed by atoms with Crippen LogP contribution in [0.5, 0.6) is 5.88 Å². The second-order valence-corrected chi connectivity index (χ2v) is 6.03. The smallest absolute Gasteiger partial charge is 0.434 e. The number of anilines is 1. The SMILES string of the molecule is COC[C@@H](NC(=O)Nc1cc2[nH]nc(OC)c2c(C(F)(F)F)n1)c1ccccc1. The van der Waals surface area contributed by atoms with E-state index in [2.05, 4.69) is 25.8 Å². The molecule has 0 saturated heterocycles. The fraction of sp³-hybridized carbons (Fsp3) is 0.278. The zero-order valence-electron chi connectivity index (χ0n) is 15.5. The topological polar surface area (TPSA) is 101 Å². The molecule has 3 rings (SSSR count). The highest BCUT2D eigenvalue weighted by Crippen LogP contribution is 2.37. The van der Waals surface area contributed by atoms with Gasteiger partial charge in [0.2, 0.25) is 5.88 Å². The first kappa shape index (κ1) is 20.4. The van der Waals surface area contributed by atoms with Crippen molar-refractivity contribution in [2.75, 3.05) is 26.1 Å². The van der Waals surface area contributed by atoms with Crippen LogP contribution in [0.3, 0.4) is 0 Å². The number of halogens is 3. The Morgan fingerprint density at radius 3 is 2.59 bits per heavy atom. The van der Waals surface area contributed by atoms with Gasteiger partial charge in [0.05, 0.1) is 30.7 Å². The molecule has 0 aliphatic heterocycles. The third-order valence-corrected chi connectivity index (χ3v) is 4.06. The van der Waals surface area contributed by atoms with E-state index in [1.165, 1.54) is 20.3 Å². The second kappa shape index (κ2) is 8.35. The largest absolute Gasteiger partial charge is 0.479 e. The van der Waals surface area contributed by atoms with Crippen molar-refractivity contribution < 1.29 is 27.4 Å². The second-order valence-electron chi connectivity index (χ2n) is 6.03. The first-order valence-electron chi connectivity index (χ1n) is 8.45. The summed E-state index contributed by atoms with van der Waals surface area (Å²) in [5.41, 5.74) is -0.412.